The highest BCUT2D eigenvalue weighted by molar-refractivity contribution is 5.32. The molecule has 0 aromatic carbocycles. The SMILES string of the molecule is CCn1c(CC(F)(F)F)nnc1N1CCC2COCC2C1. The summed E-state index contributed by atoms with van der Waals surface area (Å²) in [6.07, 6.45) is -4.30. The van der Waals surface area contributed by atoms with Gasteiger partial charge in [0.1, 0.15) is 12.2 Å². The molecule has 2 fully saturated rings. The maximum atomic E-state index is 12.6. The van der Waals surface area contributed by atoms with Gasteiger partial charge in [-0.2, -0.15) is 13.2 Å². The minimum Gasteiger partial charge on any atom is -0.381 e. The van der Waals surface area contributed by atoms with Gasteiger partial charge in [0.25, 0.3) is 0 Å². The van der Waals surface area contributed by atoms with Gasteiger partial charge < -0.3 is 9.64 Å². The second-order valence-corrected chi connectivity index (χ2v) is 5.74. The molecule has 5 nitrogen and oxygen atoms in total. The molecule has 1 aromatic heterocycles. The summed E-state index contributed by atoms with van der Waals surface area (Å²) in [7, 11) is 0. The van der Waals surface area contributed by atoms with Crippen LogP contribution in [0.4, 0.5) is 19.1 Å². The maximum Gasteiger partial charge on any atom is 0.396 e. The normalized spacial score (nSPS) is 26.2. The monoisotopic (exact) mass is 304 g/mol. The first-order valence-electron chi connectivity index (χ1n) is 7.29. The smallest absolute Gasteiger partial charge is 0.381 e. The van der Waals surface area contributed by atoms with Crippen molar-refractivity contribution in [1.29, 1.82) is 0 Å². The lowest BCUT2D eigenvalue weighted by molar-refractivity contribution is -0.129. The van der Waals surface area contributed by atoms with Crippen molar-refractivity contribution in [3.8, 4) is 0 Å². The van der Waals surface area contributed by atoms with E-state index in [2.05, 4.69) is 10.2 Å². The molecule has 0 amide bonds. The van der Waals surface area contributed by atoms with Crippen molar-refractivity contribution in [3.05, 3.63) is 5.82 Å². The van der Waals surface area contributed by atoms with Crippen molar-refractivity contribution in [3.63, 3.8) is 0 Å². The van der Waals surface area contributed by atoms with E-state index in [-0.39, 0.29) is 5.82 Å². The highest BCUT2D eigenvalue weighted by atomic mass is 19.4. The van der Waals surface area contributed by atoms with Gasteiger partial charge in [-0.3, -0.25) is 4.57 Å². The molecule has 0 saturated carbocycles. The summed E-state index contributed by atoms with van der Waals surface area (Å²) in [5.74, 6) is 1.58. The van der Waals surface area contributed by atoms with Crippen LogP contribution >= 0.6 is 0 Å². The number of halogens is 3. The zero-order valence-electron chi connectivity index (χ0n) is 11.9. The Morgan fingerprint density at radius 1 is 1.24 bits per heavy atom. The minimum absolute atomic E-state index is 0.00945. The Morgan fingerprint density at radius 3 is 2.71 bits per heavy atom. The predicted octanol–water partition coefficient (Wildman–Crippen LogP) is 1.88. The van der Waals surface area contributed by atoms with Gasteiger partial charge in [-0.15, -0.1) is 10.2 Å². The van der Waals surface area contributed by atoms with Crippen LogP contribution in [0.25, 0.3) is 0 Å². The highest BCUT2D eigenvalue weighted by Crippen LogP contribution is 2.32. The van der Waals surface area contributed by atoms with Gasteiger partial charge in [0.15, 0.2) is 0 Å². The Morgan fingerprint density at radius 2 is 2.00 bits per heavy atom. The molecular weight excluding hydrogens is 285 g/mol. The van der Waals surface area contributed by atoms with E-state index < -0.39 is 12.6 Å². The van der Waals surface area contributed by atoms with Crippen molar-refractivity contribution >= 4 is 5.95 Å². The number of piperidine rings is 1. The van der Waals surface area contributed by atoms with Gasteiger partial charge in [0, 0.05) is 32.2 Å². The van der Waals surface area contributed by atoms with Crippen molar-refractivity contribution in [1.82, 2.24) is 14.8 Å². The second kappa shape index (κ2) is 5.47. The molecule has 0 N–H and O–H groups in total. The Bertz CT molecular complexity index is 502. The number of rotatable bonds is 3. The Balaban J connectivity index is 1.79. The average Bonchev–Trinajstić information content (AvgIpc) is 3.01. The molecule has 1 aromatic rings. The molecule has 3 heterocycles. The standard InChI is InChI=1S/C13H19F3N4O/c1-2-20-11(5-13(14,15)16)17-18-12(20)19-4-3-9-7-21-8-10(9)6-19/h9-10H,2-8H2,1H3. The summed E-state index contributed by atoms with van der Waals surface area (Å²) >= 11 is 0. The van der Waals surface area contributed by atoms with Crippen LogP contribution in [-0.2, 0) is 17.7 Å². The number of hydrogen-bond donors (Lipinski definition) is 0. The summed E-state index contributed by atoms with van der Waals surface area (Å²) in [5, 5.41) is 7.76. The fourth-order valence-corrected chi connectivity index (χ4v) is 3.24. The summed E-state index contributed by atoms with van der Waals surface area (Å²) in [4.78, 5) is 2.05. The lowest BCUT2D eigenvalue weighted by Gasteiger charge is -2.34. The van der Waals surface area contributed by atoms with Crippen LogP contribution < -0.4 is 4.90 Å². The van der Waals surface area contributed by atoms with Gasteiger partial charge in [0.05, 0.1) is 6.61 Å². The van der Waals surface area contributed by atoms with Gasteiger partial charge in [-0.25, -0.2) is 0 Å². The fourth-order valence-electron chi connectivity index (χ4n) is 3.24. The van der Waals surface area contributed by atoms with E-state index >= 15 is 0 Å². The number of anilines is 1. The van der Waals surface area contributed by atoms with Crippen LogP contribution in [0.3, 0.4) is 0 Å². The third-order valence-electron chi connectivity index (χ3n) is 4.32. The molecule has 3 rings (SSSR count). The van der Waals surface area contributed by atoms with E-state index in [1.54, 1.807) is 4.57 Å². The van der Waals surface area contributed by atoms with E-state index in [0.717, 1.165) is 32.7 Å². The van der Waals surface area contributed by atoms with E-state index in [9.17, 15) is 13.2 Å². The third kappa shape index (κ3) is 3.00. The Labute approximate surface area is 121 Å². The molecule has 8 heteroatoms. The first-order valence-corrected chi connectivity index (χ1v) is 7.29. The predicted molar refractivity (Wildman–Crippen MR) is 70.1 cm³/mol. The lowest BCUT2D eigenvalue weighted by atomic mass is 9.89. The molecule has 2 unspecified atom stereocenters. The second-order valence-electron chi connectivity index (χ2n) is 5.74. The fraction of sp³-hybridized carbons (Fsp3) is 0.846. The van der Waals surface area contributed by atoms with Crippen LogP contribution in [0.5, 0.6) is 0 Å². The lowest BCUT2D eigenvalue weighted by Crippen LogP contribution is -2.41. The molecular formula is C13H19F3N4O. The molecule has 21 heavy (non-hydrogen) atoms. The van der Waals surface area contributed by atoms with Crippen LogP contribution in [0.15, 0.2) is 0 Å². The Hall–Kier alpha value is -1.31. The number of alkyl halides is 3. The number of fused-ring (bicyclic) bond motifs is 1. The third-order valence-corrected chi connectivity index (χ3v) is 4.32. The van der Waals surface area contributed by atoms with E-state index in [1.165, 1.54) is 0 Å². The molecule has 2 saturated heterocycles. The number of aromatic nitrogens is 3. The van der Waals surface area contributed by atoms with Gasteiger partial charge in [-0.1, -0.05) is 0 Å². The molecule has 2 atom stereocenters. The summed E-state index contributed by atoms with van der Waals surface area (Å²) in [5.41, 5.74) is 0. The Kier molecular flexibility index (Phi) is 3.81. The summed E-state index contributed by atoms with van der Waals surface area (Å²) < 4.78 is 44.8. The minimum atomic E-state index is -4.26. The van der Waals surface area contributed by atoms with E-state index in [1.807, 2.05) is 11.8 Å². The quantitative estimate of drug-likeness (QED) is 0.855. The molecule has 0 radical (unpaired) electrons. The number of hydrogen-bond acceptors (Lipinski definition) is 4. The molecule has 0 bridgehead atoms. The zero-order valence-corrected chi connectivity index (χ0v) is 11.9. The summed E-state index contributed by atoms with van der Waals surface area (Å²) in [6.45, 7) is 5.38. The first kappa shape index (κ1) is 14.6. The molecule has 0 aliphatic carbocycles. The van der Waals surface area contributed by atoms with E-state index in [0.29, 0.717) is 24.3 Å². The van der Waals surface area contributed by atoms with E-state index in [4.69, 9.17) is 4.74 Å². The largest absolute Gasteiger partial charge is 0.396 e. The van der Waals surface area contributed by atoms with Crippen molar-refractivity contribution < 1.29 is 17.9 Å². The molecule has 0 spiro atoms. The number of nitrogens with zero attached hydrogens (tertiary/aromatic N) is 4. The van der Waals surface area contributed by atoms with Crippen molar-refractivity contribution in [2.75, 3.05) is 31.2 Å². The topological polar surface area (TPSA) is 43.2 Å². The van der Waals surface area contributed by atoms with Crippen LogP contribution in [-0.4, -0.2) is 47.2 Å². The molecule has 118 valence electrons. The average molecular weight is 304 g/mol. The maximum absolute atomic E-state index is 12.6. The van der Waals surface area contributed by atoms with Crippen LogP contribution in [0.1, 0.15) is 19.2 Å². The highest BCUT2D eigenvalue weighted by Gasteiger charge is 2.36. The van der Waals surface area contributed by atoms with Crippen molar-refractivity contribution in [2.45, 2.75) is 32.5 Å². The van der Waals surface area contributed by atoms with Gasteiger partial charge >= 0.3 is 6.18 Å². The van der Waals surface area contributed by atoms with Crippen molar-refractivity contribution in [2.24, 2.45) is 11.8 Å². The van der Waals surface area contributed by atoms with Gasteiger partial charge in [0.2, 0.25) is 5.95 Å². The van der Waals surface area contributed by atoms with Crippen LogP contribution in [0, 0.1) is 11.8 Å². The molecule has 2 aliphatic heterocycles. The molecule has 2 aliphatic rings. The van der Waals surface area contributed by atoms with Gasteiger partial charge in [-0.05, 0) is 19.3 Å². The van der Waals surface area contributed by atoms with Crippen LogP contribution in [0.2, 0.25) is 0 Å². The summed E-state index contributed by atoms with van der Waals surface area (Å²) in [6, 6.07) is 0. The zero-order chi connectivity index (χ0) is 15.0. The first-order chi connectivity index (χ1) is 9.98. The number of ether oxygens (including phenoxy) is 1.